The summed E-state index contributed by atoms with van der Waals surface area (Å²) in [6.45, 7) is 8.97. The van der Waals surface area contributed by atoms with Gasteiger partial charge in [-0.1, -0.05) is 24.3 Å². The van der Waals surface area contributed by atoms with Gasteiger partial charge in [-0.25, -0.2) is 0 Å². The van der Waals surface area contributed by atoms with E-state index in [1.807, 2.05) is 17.0 Å². The van der Waals surface area contributed by atoms with E-state index in [9.17, 15) is 4.79 Å². The van der Waals surface area contributed by atoms with Crippen LogP contribution in [0.15, 0.2) is 48.5 Å². The summed E-state index contributed by atoms with van der Waals surface area (Å²) < 4.78 is 10.9. The second-order valence-corrected chi connectivity index (χ2v) is 8.44. The van der Waals surface area contributed by atoms with Crippen LogP contribution in [0.4, 0.5) is 5.69 Å². The molecule has 5 rings (SSSR count). The van der Waals surface area contributed by atoms with Crippen molar-refractivity contribution < 1.29 is 14.3 Å². The quantitative estimate of drug-likeness (QED) is 0.734. The van der Waals surface area contributed by atoms with Crippen LogP contribution in [0, 0.1) is 0 Å². The first-order valence-corrected chi connectivity index (χ1v) is 11.2. The molecule has 2 saturated heterocycles. The summed E-state index contributed by atoms with van der Waals surface area (Å²) in [5.41, 5.74) is 2.48. The van der Waals surface area contributed by atoms with E-state index in [1.165, 1.54) is 11.3 Å². The maximum Gasteiger partial charge on any atom is 0.236 e. The van der Waals surface area contributed by atoms with Crippen molar-refractivity contribution in [2.45, 2.75) is 6.54 Å². The molecule has 7 nitrogen and oxygen atoms in total. The number of carbonyl (C=O) groups excluding carboxylic acids is 1. The average molecular weight is 423 g/mol. The van der Waals surface area contributed by atoms with E-state index in [2.05, 4.69) is 51.1 Å². The van der Waals surface area contributed by atoms with E-state index in [0.717, 1.165) is 70.4 Å². The van der Waals surface area contributed by atoms with Crippen LogP contribution in [-0.4, -0.2) is 86.3 Å². The van der Waals surface area contributed by atoms with Gasteiger partial charge in [-0.15, -0.1) is 0 Å². The molecular weight excluding hydrogens is 392 g/mol. The van der Waals surface area contributed by atoms with Crippen molar-refractivity contribution in [1.29, 1.82) is 0 Å². The maximum absolute atomic E-state index is 12.8. The van der Waals surface area contributed by atoms with Gasteiger partial charge in [0, 0.05) is 64.6 Å². The lowest BCUT2D eigenvalue weighted by atomic mass is 10.1. The summed E-state index contributed by atoms with van der Waals surface area (Å²) in [6.07, 6.45) is 0. The SMILES string of the molecule is O=C(CN1CCN(Cc2ccc3c(c2)OCO3)CC1)N1CCN(c2ccccc2)CC1. The van der Waals surface area contributed by atoms with Gasteiger partial charge in [-0.3, -0.25) is 14.6 Å². The van der Waals surface area contributed by atoms with Crippen molar-refractivity contribution in [3.05, 3.63) is 54.1 Å². The molecule has 0 spiro atoms. The molecule has 0 unspecified atom stereocenters. The molecule has 3 heterocycles. The molecule has 0 aliphatic carbocycles. The monoisotopic (exact) mass is 422 g/mol. The number of nitrogens with zero attached hydrogens (tertiary/aromatic N) is 4. The van der Waals surface area contributed by atoms with Gasteiger partial charge in [-0.05, 0) is 29.8 Å². The van der Waals surface area contributed by atoms with Crippen molar-refractivity contribution in [2.24, 2.45) is 0 Å². The number of fused-ring (bicyclic) bond motifs is 1. The number of carbonyl (C=O) groups is 1. The van der Waals surface area contributed by atoms with Crippen molar-refractivity contribution >= 4 is 11.6 Å². The number of amides is 1. The molecule has 0 saturated carbocycles. The lowest BCUT2D eigenvalue weighted by molar-refractivity contribution is -0.133. The number of piperazine rings is 2. The molecule has 2 aromatic rings. The molecule has 2 aromatic carbocycles. The number of para-hydroxylation sites is 1. The Hall–Kier alpha value is -2.77. The Morgan fingerprint density at radius 2 is 1.48 bits per heavy atom. The first kappa shape index (κ1) is 20.2. The fourth-order valence-corrected chi connectivity index (χ4v) is 4.55. The van der Waals surface area contributed by atoms with Gasteiger partial charge >= 0.3 is 0 Å². The Kier molecular flexibility index (Phi) is 5.95. The van der Waals surface area contributed by atoms with Crippen LogP contribution in [0.25, 0.3) is 0 Å². The standard InChI is InChI=1S/C24H30N4O3/c29-24(28-14-12-27(13-15-28)21-4-2-1-3-5-21)18-26-10-8-25(9-11-26)17-20-6-7-22-23(16-20)31-19-30-22/h1-7,16H,8-15,17-19H2. The van der Waals surface area contributed by atoms with Crippen LogP contribution >= 0.6 is 0 Å². The van der Waals surface area contributed by atoms with Crippen molar-refractivity contribution in [3.63, 3.8) is 0 Å². The summed E-state index contributed by atoms with van der Waals surface area (Å²) in [4.78, 5) is 21.9. The molecule has 0 bridgehead atoms. The Bertz CT molecular complexity index is 891. The highest BCUT2D eigenvalue weighted by Gasteiger charge is 2.25. The molecular formula is C24H30N4O3. The number of hydrogen-bond donors (Lipinski definition) is 0. The zero-order chi connectivity index (χ0) is 21.0. The van der Waals surface area contributed by atoms with Crippen molar-refractivity contribution in [1.82, 2.24) is 14.7 Å². The van der Waals surface area contributed by atoms with E-state index in [-0.39, 0.29) is 5.91 Å². The molecule has 7 heteroatoms. The molecule has 2 fully saturated rings. The molecule has 3 aliphatic heterocycles. The molecule has 3 aliphatic rings. The normalized spacial score (nSPS) is 19.6. The minimum absolute atomic E-state index is 0.261. The van der Waals surface area contributed by atoms with Crippen molar-refractivity contribution in [3.8, 4) is 11.5 Å². The zero-order valence-electron chi connectivity index (χ0n) is 17.9. The number of anilines is 1. The maximum atomic E-state index is 12.8. The molecule has 1 amide bonds. The highest BCUT2D eigenvalue weighted by molar-refractivity contribution is 5.78. The molecule has 0 N–H and O–H groups in total. The number of rotatable bonds is 5. The third kappa shape index (κ3) is 4.78. The second kappa shape index (κ2) is 9.16. The van der Waals surface area contributed by atoms with Crippen LogP contribution in [-0.2, 0) is 11.3 Å². The lowest BCUT2D eigenvalue weighted by Gasteiger charge is -2.38. The number of ether oxygens (including phenoxy) is 2. The Morgan fingerprint density at radius 1 is 0.774 bits per heavy atom. The van der Waals surface area contributed by atoms with Gasteiger partial charge in [0.2, 0.25) is 12.7 Å². The molecule has 31 heavy (non-hydrogen) atoms. The van der Waals surface area contributed by atoms with Gasteiger partial charge in [0.15, 0.2) is 11.5 Å². The molecule has 0 aromatic heterocycles. The Morgan fingerprint density at radius 3 is 2.26 bits per heavy atom. The minimum atomic E-state index is 0.261. The largest absolute Gasteiger partial charge is 0.454 e. The fourth-order valence-electron chi connectivity index (χ4n) is 4.55. The highest BCUT2D eigenvalue weighted by atomic mass is 16.7. The van der Waals surface area contributed by atoms with E-state index in [1.54, 1.807) is 0 Å². The second-order valence-electron chi connectivity index (χ2n) is 8.44. The summed E-state index contributed by atoms with van der Waals surface area (Å²) in [7, 11) is 0. The zero-order valence-corrected chi connectivity index (χ0v) is 17.9. The minimum Gasteiger partial charge on any atom is -0.454 e. The summed E-state index contributed by atoms with van der Waals surface area (Å²) in [6, 6.07) is 16.6. The topological polar surface area (TPSA) is 48.5 Å². The van der Waals surface area contributed by atoms with E-state index < -0.39 is 0 Å². The van der Waals surface area contributed by atoms with Crippen LogP contribution in [0.2, 0.25) is 0 Å². The van der Waals surface area contributed by atoms with Crippen LogP contribution in [0.5, 0.6) is 11.5 Å². The fraction of sp³-hybridized carbons (Fsp3) is 0.458. The van der Waals surface area contributed by atoms with Gasteiger partial charge in [-0.2, -0.15) is 0 Å². The summed E-state index contributed by atoms with van der Waals surface area (Å²) in [5.74, 6) is 1.93. The van der Waals surface area contributed by atoms with E-state index >= 15 is 0 Å². The smallest absolute Gasteiger partial charge is 0.236 e. The third-order valence-corrected chi connectivity index (χ3v) is 6.42. The first-order chi connectivity index (χ1) is 15.2. The van der Waals surface area contributed by atoms with Crippen molar-refractivity contribution in [2.75, 3.05) is 70.6 Å². The van der Waals surface area contributed by atoms with Crippen LogP contribution in [0.3, 0.4) is 0 Å². The molecule has 0 atom stereocenters. The average Bonchev–Trinajstić information content (AvgIpc) is 3.29. The lowest BCUT2D eigenvalue weighted by Crippen LogP contribution is -2.53. The van der Waals surface area contributed by atoms with Gasteiger partial charge in [0.25, 0.3) is 0 Å². The van der Waals surface area contributed by atoms with Crippen LogP contribution in [0.1, 0.15) is 5.56 Å². The molecule has 0 radical (unpaired) electrons. The highest BCUT2D eigenvalue weighted by Crippen LogP contribution is 2.32. The van der Waals surface area contributed by atoms with Gasteiger partial charge < -0.3 is 19.3 Å². The Labute approximate surface area is 183 Å². The predicted octanol–water partition coefficient (Wildman–Crippen LogP) is 1.88. The van der Waals surface area contributed by atoms with E-state index in [0.29, 0.717) is 13.3 Å². The van der Waals surface area contributed by atoms with Gasteiger partial charge in [0.1, 0.15) is 0 Å². The number of benzene rings is 2. The third-order valence-electron chi connectivity index (χ3n) is 6.42. The first-order valence-electron chi connectivity index (χ1n) is 11.2. The van der Waals surface area contributed by atoms with Gasteiger partial charge in [0.05, 0.1) is 6.54 Å². The summed E-state index contributed by atoms with van der Waals surface area (Å²) >= 11 is 0. The van der Waals surface area contributed by atoms with Crippen LogP contribution < -0.4 is 14.4 Å². The Balaban J connectivity index is 1.05. The number of hydrogen-bond acceptors (Lipinski definition) is 6. The molecule has 164 valence electrons. The summed E-state index contributed by atoms with van der Waals surface area (Å²) in [5, 5.41) is 0. The predicted molar refractivity (Wildman–Crippen MR) is 120 cm³/mol. The van der Waals surface area contributed by atoms with E-state index in [4.69, 9.17) is 9.47 Å².